The molecule has 0 radical (unpaired) electrons. The van der Waals surface area contributed by atoms with Crippen LogP contribution in [0.25, 0.3) is 0 Å². The third-order valence-electron chi connectivity index (χ3n) is 0.714. The largest absolute Gasteiger partial charge is 0.168 e. The van der Waals surface area contributed by atoms with E-state index in [2.05, 4.69) is 37.1 Å². The van der Waals surface area contributed by atoms with E-state index >= 15 is 0 Å². The summed E-state index contributed by atoms with van der Waals surface area (Å²) >= 11 is 11.7. The SMILES string of the molecule is CC#CC(SCS)SCS. The van der Waals surface area contributed by atoms with Crippen LogP contribution in [0.3, 0.4) is 0 Å². The Bertz CT molecular complexity index is 117. The fraction of sp³-hybridized carbons (Fsp3) is 0.667. The smallest absolute Gasteiger partial charge is 0.113 e. The molecule has 0 aromatic carbocycles. The van der Waals surface area contributed by atoms with E-state index in [1.165, 1.54) is 0 Å². The molecule has 0 aromatic rings. The average molecular weight is 210 g/mol. The van der Waals surface area contributed by atoms with Crippen molar-refractivity contribution in [3.05, 3.63) is 0 Å². The van der Waals surface area contributed by atoms with E-state index in [4.69, 9.17) is 0 Å². The summed E-state index contributed by atoms with van der Waals surface area (Å²) in [6.07, 6.45) is 0. The topological polar surface area (TPSA) is 0 Å². The molecular formula is C6H10S4. The van der Waals surface area contributed by atoms with Crippen LogP contribution in [0, 0.1) is 11.8 Å². The minimum atomic E-state index is 0.347. The van der Waals surface area contributed by atoms with Crippen LogP contribution < -0.4 is 0 Å². The predicted molar refractivity (Wildman–Crippen MR) is 60.1 cm³/mol. The van der Waals surface area contributed by atoms with Gasteiger partial charge in [-0.3, -0.25) is 0 Å². The Balaban J connectivity index is 3.57. The molecule has 10 heavy (non-hydrogen) atoms. The van der Waals surface area contributed by atoms with Crippen LogP contribution in [0.5, 0.6) is 0 Å². The summed E-state index contributed by atoms with van der Waals surface area (Å²) in [6.45, 7) is 1.85. The molecular weight excluding hydrogens is 200 g/mol. The van der Waals surface area contributed by atoms with Crippen molar-refractivity contribution >= 4 is 48.8 Å². The zero-order valence-corrected chi connectivity index (χ0v) is 9.12. The first-order chi connectivity index (χ1) is 4.85. The predicted octanol–water partition coefficient (Wildman–Crippen LogP) is 2.58. The van der Waals surface area contributed by atoms with Gasteiger partial charge in [0.05, 0.1) is 0 Å². The molecule has 58 valence electrons. The van der Waals surface area contributed by atoms with Gasteiger partial charge in [0.1, 0.15) is 4.58 Å². The Labute approximate surface area is 82.1 Å². The average Bonchev–Trinajstić information content (AvgIpc) is 1.90. The Hall–Kier alpha value is 0.960. The van der Waals surface area contributed by atoms with Crippen molar-refractivity contribution in [1.29, 1.82) is 0 Å². The lowest BCUT2D eigenvalue weighted by molar-refractivity contribution is 1.74. The third-order valence-corrected chi connectivity index (χ3v) is 3.56. The molecule has 0 N–H and O–H groups in total. The zero-order chi connectivity index (χ0) is 7.82. The lowest BCUT2D eigenvalue weighted by atomic mass is 10.7. The van der Waals surface area contributed by atoms with Crippen LogP contribution in [0.1, 0.15) is 6.92 Å². The first kappa shape index (κ1) is 11.0. The fourth-order valence-corrected chi connectivity index (χ4v) is 3.35. The minimum absolute atomic E-state index is 0.347. The van der Waals surface area contributed by atoms with E-state index < -0.39 is 0 Å². The summed E-state index contributed by atoms with van der Waals surface area (Å²) in [6, 6.07) is 0. The highest BCUT2D eigenvalue weighted by Gasteiger charge is 2.01. The number of hydrogen-bond acceptors (Lipinski definition) is 4. The van der Waals surface area contributed by atoms with Gasteiger partial charge in [0.2, 0.25) is 0 Å². The Morgan fingerprint density at radius 1 is 1.30 bits per heavy atom. The second kappa shape index (κ2) is 8.06. The summed E-state index contributed by atoms with van der Waals surface area (Å²) in [5.74, 6) is 5.94. The quantitative estimate of drug-likeness (QED) is 0.416. The van der Waals surface area contributed by atoms with E-state index in [1.807, 2.05) is 6.92 Å². The van der Waals surface area contributed by atoms with Crippen molar-refractivity contribution in [3.8, 4) is 11.8 Å². The molecule has 0 atom stereocenters. The van der Waals surface area contributed by atoms with E-state index in [9.17, 15) is 0 Å². The summed E-state index contributed by atoms with van der Waals surface area (Å²) in [5, 5.41) is 1.64. The van der Waals surface area contributed by atoms with Crippen LogP contribution >= 0.6 is 48.8 Å². The molecule has 0 nitrogen and oxygen atoms in total. The highest BCUT2D eigenvalue weighted by atomic mass is 32.2. The van der Waals surface area contributed by atoms with Crippen LogP contribution in [-0.2, 0) is 0 Å². The van der Waals surface area contributed by atoms with Gasteiger partial charge in [0.25, 0.3) is 0 Å². The number of hydrogen-bond donors (Lipinski definition) is 2. The maximum absolute atomic E-state index is 4.10. The summed E-state index contributed by atoms with van der Waals surface area (Å²) in [5.41, 5.74) is 0. The highest BCUT2D eigenvalue weighted by Crippen LogP contribution is 2.24. The molecule has 0 saturated carbocycles. The van der Waals surface area contributed by atoms with Gasteiger partial charge in [-0.25, -0.2) is 0 Å². The molecule has 4 heteroatoms. The monoisotopic (exact) mass is 210 g/mol. The normalized spacial score (nSPS) is 9.20. The first-order valence-electron chi connectivity index (χ1n) is 2.72. The molecule has 0 aliphatic carbocycles. The molecule has 0 bridgehead atoms. The van der Waals surface area contributed by atoms with Crippen molar-refractivity contribution in [1.82, 2.24) is 0 Å². The van der Waals surface area contributed by atoms with Gasteiger partial charge >= 0.3 is 0 Å². The number of rotatable bonds is 4. The summed E-state index contributed by atoms with van der Waals surface area (Å²) in [7, 11) is 0. The number of thioether (sulfide) groups is 2. The van der Waals surface area contributed by atoms with Gasteiger partial charge < -0.3 is 0 Å². The van der Waals surface area contributed by atoms with Crippen LogP contribution in [0.4, 0.5) is 0 Å². The minimum Gasteiger partial charge on any atom is -0.168 e. The van der Waals surface area contributed by atoms with Crippen molar-refractivity contribution in [3.63, 3.8) is 0 Å². The third kappa shape index (κ3) is 5.72. The Morgan fingerprint density at radius 3 is 2.10 bits per heavy atom. The highest BCUT2D eigenvalue weighted by molar-refractivity contribution is 8.23. The van der Waals surface area contributed by atoms with Crippen LogP contribution in [-0.4, -0.2) is 14.8 Å². The maximum atomic E-state index is 4.10. The van der Waals surface area contributed by atoms with Crippen LogP contribution in [0.15, 0.2) is 0 Å². The van der Waals surface area contributed by atoms with Gasteiger partial charge in [-0.1, -0.05) is 5.92 Å². The number of thiol groups is 2. The first-order valence-corrected chi connectivity index (χ1v) is 6.08. The molecule has 0 fully saturated rings. The van der Waals surface area contributed by atoms with Crippen molar-refractivity contribution < 1.29 is 0 Å². The molecule has 0 unspecified atom stereocenters. The Morgan fingerprint density at radius 2 is 1.80 bits per heavy atom. The molecule has 0 aliphatic heterocycles. The summed E-state index contributed by atoms with van der Waals surface area (Å²) < 4.78 is 0.347. The van der Waals surface area contributed by atoms with Gasteiger partial charge in [-0.2, -0.15) is 25.3 Å². The van der Waals surface area contributed by atoms with Crippen molar-refractivity contribution in [2.45, 2.75) is 11.5 Å². The van der Waals surface area contributed by atoms with E-state index in [0.717, 1.165) is 10.2 Å². The Kier molecular flexibility index (Phi) is 8.83. The van der Waals surface area contributed by atoms with E-state index in [0.29, 0.717) is 4.58 Å². The fourth-order valence-electron chi connectivity index (χ4n) is 0.385. The second-order valence-corrected chi connectivity index (χ2v) is 5.29. The van der Waals surface area contributed by atoms with Crippen LogP contribution in [0.2, 0.25) is 0 Å². The maximum Gasteiger partial charge on any atom is 0.113 e. The molecule has 0 rings (SSSR count). The molecule has 0 saturated heterocycles. The molecule has 0 spiro atoms. The van der Waals surface area contributed by atoms with Gasteiger partial charge in [-0.05, 0) is 6.92 Å². The lowest BCUT2D eigenvalue weighted by Gasteiger charge is -2.04. The van der Waals surface area contributed by atoms with E-state index in [-0.39, 0.29) is 0 Å². The molecule has 0 aromatic heterocycles. The molecule has 0 amide bonds. The van der Waals surface area contributed by atoms with Gasteiger partial charge in [0.15, 0.2) is 0 Å². The van der Waals surface area contributed by atoms with Gasteiger partial charge in [0, 0.05) is 10.2 Å². The van der Waals surface area contributed by atoms with Crippen molar-refractivity contribution in [2.75, 3.05) is 10.2 Å². The zero-order valence-electron chi connectivity index (χ0n) is 5.70. The molecule has 0 aliphatic rings. The molecule has 0 heterocycles. The van der Waals surface area contributed by atoms with Crippen molar-refractivity contribution in [2.24, 2.45) is 0 Å². The standard InChI is InChI=1S/C6H10S4/c1-2-3-6(9-4-7)10-5-8/h6-8H,4-5H2,1H3. The van der Waals surface area contributed by atoms with E-state index in [1.54, 1.807) is 23.5 Å². The summed E-state index contributed by atoms with van der Waals surface area (Å²) in [4.78, 5) is 0. The van der Waals surface area contributed by atoms with Gasteiger partial charge in [-0.15, -0.1) is 29.4 Å². The second-order valence-electron chi connectivity index (χ2n) is 1.32. The lowest BCUT2D eigenvalue weighted by Crippen LogP contribution is -1.91.